The van der Waals surface area contributed by atoms with Gasteiger partial charge in [0.15, 0.2) is 0 Å². The molecule has 3 saturated heterocycles. The number of ether oxygens (including phenoxy) is 2. The first-order chi connectivity index (χ1) is 32.2. The van der Waals surface area contributed by atoms with Crippen LogP contribution in [-0.2, 0) is 34.8 Å². The summed E-state index contributed by atoms with van der Waals surface area (Å²) in [5.74, 6) is -0.176. The van der Waals surface area contributed by atoms with Gasteiger partial charge in [-0.05, 0) is 135 Å². The van der Waals surface area contributed by atoms with Gasteiger partial charge in [-0.15, -0.1) is 0 Å². The van der Waals surface area contributed by atoms with Gasteiger partial charge >= 0.3 is 18.4 Å². The van der Waals surface area contributed by atoms with Crippen LogP contribution in [0.15, 0.2) is 72.8 Å². The highest BCUT2D eigenvalue weighted by Gasteiger charge is 2.40. The molecule has 3 aromatic rings. The molecular weight excluding hydrogens is 912 g/mol. The lowest BCUT2D eigenvalue weighted by molar-refractivity contribution is -0.138. The Labute approximate surface area is 397 Å². The molecule has 6 rings (SSSR count). The van der Waals surface area contributed by atoms with Crippen molar-refractivity contribution in [2.75, 3.05) is 66.9 Å². The zero-order valence-corrected chi connectivity index (χ0v) is 39.6. The topological polar surface area (TPSA) is 179 Å². The largest absolute Gasteiger partial charge is 0.453 e. The van der Waals surface area contributed by atoms with Gasteiger partial charge in [0.2, 0.25) is 23.6 Å². The monoisotopic (exact) mass is 969 g/mol. The van der Waals surface area contributed by atoms with Gasteiger partial charge in [0, 0.05) is 30.2 Å². The molecule has 4 N–H and O–H groups in total. The van der Waals surface area contributed by atoms with Gasteiger partial charge in [0.05, 0.1) is 31.9 Å². The summed E-state index contributed by atoms with van der Waals surface area (Å²) in [7, 11) is 2.45. The molecule has 0 radical (unpaired) electrons. The molecule has 3 aromatic carbocycles. The predicted octanol–water partition coefficient (Wildman–Crippen LogP) is 7.60. The van der Waals surface area contributed by atoms with E-state index < -0.39 is 48.1 Å². The Balaban J connectivity index is 1.16. The average molecular weight is 970 g/mol. The molecule has 0 aliphatic carbocycles. The number of benzene rings is 3. The van der Waals surface area contributed by atoms with Crippen molar-refractivity contribution in [1.29, 1.82) is 0 Å². The maximum Gasteiger partial charge on any atom is 0.416 e. The Morgan fingerprint density at radius 2 is 1.03 bits per heavy atom. The van der Waals surface area contributed by atoms with Gasteiger partial charge in [0.1, 0.15) is 24.2 Å². The second-order valence-electron chi connectivity index (χ2n) is 16.6. The highest BCUT2D eigenvalue weighted by atomic mass is 32.2. The summed E-state index contributed by atoms with van der Waals surface area (Å²) in [6, 6.07) is 16.0. The molecule has 0 bridgehead atoms. The number of carbonyl (C=O) groups is 6. The number of carbonyl (C=O) groups excluding carboxylic acids is 6. The van der Waals surface area contributed by atoms with Gasteiger partial charge in [-0.2, -0.15) is 36.7 Å². The maximum absolute atomic E-state index is 13.7. The first-order valence-corrected chi connectivity index (χ1v) is 25.0. The van der Waals surface area contributed by atoms with Crippen molar-refractivity contribution in [1.82, 2.24) is 20.4 Å². The minimum atomic E-state index is -4.51. The van der Waals surface area contributed by atoms with E-state index in [2.05, 4.69) is 26.2 Å². The Kier molecular flexibility index (Phi) is 17.7. The Bertz CT molecular complexity index is 2080. The van der Waals surface area contributed by atoms with Crippen LogP contribution in [0.3, 0.4) is 0 Å². The van der Waals surface area contributed by atoms with Gasteiger partial charge in [-0.25, -0.2) is 9.59 Å². The Morgan fingerprint density at radius 3 is 1.39 bits per heavy atom. The molecule has 3 heterocycles. The lowest BCUT2D eigenvalue weighted by atomic mass is 10.0. The van der Waals surface area contributed by atoms with Crippen molar-refractivity contribution < 1.29 is 51.4 Å². The van der Waals surface area contributed by atoms with Crippen LogP contribution in [0.25, 0.3) is 0 Å². The number of alkyl carbamates (subject to hydrolysis) is 2. The number of nitrogens with one attached hydrogen (secondary N) is 4. The molecule has 3 fully saturated rings. The van der Waals surface area contributed by atoms with Gasteiger partial charge in [0.25, 0.3) is 0 Å². The van der Waals surface area contributed by atoms with Crippen LogP contribution in [-0.4, -0.2) is 121 Å². The Hall–Kier alpha value is -5.63. The second-order valence-corrected chi connectivity index (χ2v) is 18.6. The van der Waals surface area contributed by atoms with Crippen LogP contribution in [0, 0.1) is 0 Å². The summed E-state index contributed by atoms with van der Waals surface area (Å²) in [4.78, 5) is 83.6. The normalized spacial score (nSPS) is 20.2. The number of nitrogens with zero attached hydrogens (tertiary/aromatic N) is 3. The number of hydrogen-bond acceptors (Lipinski definition) is 11. The third-order valence-electron chi connectivity index (χ3n) is 12.5. The number of amides is 6. The van der Waals surface area contributed by atoms with Crippen LogP contribution < -0.4 is 26.2 Å². The summed E-state index contributed by atoms with van der Waals surface area (Å²) in [5, 5.41) is 11.1. The highest BCUT2D eigenvalue weighted by molar-refractivity contribution is 7.98. The minimum Gasteiger partial charge on any atom is -0.453 e. The van der Waals surface area contributed by atoms with Crippen molar-refractivity contribution >= 4 is 76.4 Å². The summed E-state index contributed by atoms with van der Waals surface area (Å²) < 4.78 is 50.5. The molecule has 1 unspecified atom stereocenters. The summed E-state index contributed by atoms with van der Waals surface area (Å²) in [6.45, 7) is 0.738. The summed E-state index contributed by atoms with van der Waals surface area (Å²) in [6.07, 6.45) is 2.04. The number of rotatable bonds is 17. The number of methoxy groups -OCH3 is 2. The number of likely N-dealkylation sites (tertiary alicyclic amines) is 2. The van der Waals surface area contributed by atoms with E-state index in [4.69, 9.17) is 9.47 Å². The van der Waals surface area contributed by atoms with Crippen LogP contribution in [0.5, 0.6) is 0 Å². The fourth-order valence-electron chi connectivity index (χ4n) is 9.07. The van der Waals surface area contributed by atoms with Crippen molar-refractivity contribution in [2.24, 2.45) is 0 Å². The van der Waals surface area contributed by atoms with E-state index in [1.807, 2.05) is 36.8 Å². The highest BCUT2D eigenvalue weighted by Crippen LogP contribution is 2.47. The first-order valence-electron chi connectivity index (χ1n) is 22.2. The first kappa shape index (κ1) is 50.8. The van der Waals surface area contributed by atoms with Crippen molar-refractivity contribution in [3.05, 3.63) is 89.5 Å². The minimum absolute atomic E-state index is 0.256. The third kappa shape index (κ3) is 12.7. The van der Waals surface area contributed by atoms with Gasteiger partial charge in [-0.1, -0.05) is 24.3 Å². The average Bonchev–Trinajstić information content (AvgIpc) is 4.13. The zero-order valence-electron chi connectivity index (χ0n) is 37.9. The van der Waals surface area contributed by atoms with E-state index >= 15 is 0 Å². The molecule has 67 heavy (non-hydrogen) atoms. The van der Waals surface area contributed by atoms with E-state index in [-0.39, 0.29) is 35.7 Å². The fourth-order valence-corrected chi connectivity index (χ4v) is 10.0. The summed E-state index contributed by atoms with van der Waals surface area (Å²) >= 11 is 3.07. The molecule has 0 spiro atoms. The number of halogens is 3. The zero-order chi connectivity index (χ0) is 48.3. The van der Waals surface area contributed by atoms with Gasteiger partial charge in [-0.3, -0.25) is 19.2 Å². The third-order valence-corrected chi connectivity index (χ3v) is 13.7. The molecule has 362 valence electrons. The molecule has 6 atom stereocenters. The lowest BCUT2D eigenvalue weighted by Crippen LogP contribution is -2.52. The predicted molar refractivity (Wildman–Crippen MR) is 253 cm³/mol. The molecular formula is C47H58F3N7O8S2. The van der Waals surface area contributed by atoms with Crippen molar-refractivity contribution in [3.63, 3.8) is 0 Å². The standard InChI is InChI=1S/C47H58F3N7O8S2/c1-64-45(62)53-35(23-27-66-3)43(60)55-25-5-7-39(55)41(58)51-32-15-9-29(10-16-32)37-21-22-38(57(37)34-19-13-31(14-20-34)47(48,49)50)30-11-17-33(18-12-30)52-42(59)40-8-6-26-56(40)44(61)36(24-28-67-4)54-46(63)65-2/h9-20,35-40H,5-8,21-28H2,1-4H3,(H,51,58)(H,52,59)(H,53,62)(H,54,63)/t35-,36-,37+,38+,39-,40?/m0/s1. The smallest absolute Gasteiger partial charge is 0.416 e. The molecule has 6 amide bonds. The number of alkyl halides is 3. The quantitative estimate of drug-likeness (QED) is 0.105. The molecule has 20 heteroatoms. The van der Waals surface area contributed by atoms with Crippen LogP contribution >= 0.6 is 23.5 Å². The Morgan fingerprint density at radius 1 is 0.627 bits per heavy atom. The lowest BCUT2D eigenvalue weighted by Gasteiger charge is -2.34. The number of thioether (sulfide) groups is 2. The van der Waals surface area contributed by atoms with E-state index in [9.17, 15) is 41.9 Å². The van der Waals surface area contributed by atoms with Crippen molar-refractivity contribution in [3.8, 4) is 0 Å². The fraction of sp³-hybridized carbons (Fsp3) is 0.489. The number of anilines is 3. The molecule has 0 saturated carbocycles. The van der Waals surface area contributed by atoms with E-state index in [1.54, 1.807) is 24.3 Å². The van der Waals surface area contributed by atoms with E-state index in [0.717, 1.165) is 23.3 Å². The van der Waals surface area contributed by atoms with Crippen LogP contribution in [0.2, 0.25) is 0 Å². The van der Waals surface area contributed by atoms with E-state index in [0.29, 0.717) is 93.0 Å². The maximum atomic E-state index is 13.7. The van der Waals surface area contributed by atoms with Crippen LogP contribution in [0.4, 0.5) is 39.8 Å². The van der Waals surface area contributed by atoms with Crippen LogP contribution in [0.1, 0.15) is 80.1 Å². The molecule has 3 aliphatic heterocycles. The summed E-state index contributed by atoms with van der Waals surface area (Å²) in [5.41, 5.74) is 2.58. The second kappa shape index (κ2) is 23.4. The SMILES string of the molecule is COC(=O)N[C@@H](CCSC)C(=O)N1CCCC1C(=O)Nc1ccc([C@H]2CC[C@H](c3ccc(NC(=O)[C@@H]4CCCN4C(=O)[C@H](CCSC)NC(=O)OC)cc3)N2c2ccc(C(F)(F)F)cc2)cc1. The molecule has 0 aromatic heterocycles. The molecule has 3 aliphatic rings. The molecule has 15 nitrogen and oxygen atoms in total. The van der Waals surface area contributed by atoms with Crippen molar-refractivity contribution in [2.45, 2.75) is 93.8 Å². The van der Waals surface area contributed by atoms with Gasteiger partial charge < -0.3 is 45.4 Å². The number of hydrogen-bond donors (Lipinski definition) is 4. The van der Waals surface area contributed by atoms with E-state index in [1.165, 1.54) is 59.7 Å².